The Morgan fingerprint density at radius 1 is 1.10 bits per heavy atom. The molecule has 1 amide bonds. The summed E-state index contributed by atoms with van der Waals surface area (Å²) in [4.78, 5) is 16.7. The number of pyridine rings is 1. The van der Waals surface area contributed by atoms with Crippen molar-refractivity contribution in [1.82, 2.24) is 4.98 Å². The maximum atomic E-state index is 13.2. The number of amides is 1. The summed E-state index contributed by atoms with van der Waals surface area (Å²) in [5.74, 6) is -0.441. The second kappa shape index (κ2) is 8.75. The van der Waals surface area contributed by atoms with Gasteiger partial charge in [-0.3, -0.25) is 14.1 Å². The first-order valence-corrected chi connectivity index (χ1v) is 11.1. The van der Waals surface area contributed by atoms with Gasteiger partial charge in [-0.2, -0.15) is 0 Å². The average molecular weight is 474 g/mol. The number of anilines is 2. The number of sulfonamides is 1. The Hall–Kier alpha value is -2.71. The predicted molar refractivity (Wildman–Crippen MR) is 117 cm³/mol. The van der Waals surface area contributed by atoms with Gasteiger partial charge >= 0.3 is 0 Å². The van der Waals surface area contributed by atoms with Crippen molar-refractivity contribution in [2.75, 3.05) is 16.2 Å². The molecular formula is C21H20BrN3O3S. The van der Waals surface area contributed by atoms with Gasteiger partial charge in [0.1, 0.15) is 11.4 Å². The lowest BCUT2D eigenvalue weighted by atomic mass is 10.2. The molecule has 29 heavy (non-hydrogen) atoms. The third-order valence-corrected chi connectivity index (χ3v) is 6.54. The first-order chi connectivity index (χ1) is 13.8. The van der Waals surface area contributed by atoms with Crippen molar-refractivity contribution in [3.05, 3.63) is 82.6 Å². The Bertz CT molecular complexity index is 1120. The van der Waals surface area contributed by atoms with Crippen molar-refractivity contribution in [2.45, 2.75) is 18.7 Å². The zero-order chi connectivity index (χ0) is 21.0. The zero-order valence-corrected chi connectivity index (χ0v) is 18.4. The molecule has 0 aliphatic carbocycles. The molecule has 0 aliphatic rings. The fraction of sp³-hybridized carbons (Fsp3) is 0.143. The number of nitrogens with one attached hydrogen (secondary N) is 1. The van der Waals surface area contributed by atoms with Gasteiger partial charge in [0, 0.05) is 22.6 Å². The molecule has 8 heteroatoms. The number of aryl methyl sites for hydroxylation is 2. The molecule has 6 nitrogen and oxygen atoms in total. The predicted octanol–water partition coefficient (Wildman–Crippen LogP) is 4.29. The molecule has 0 atom stereocenters. The second-order valence-corrected chi connectivity index (χ2v) is 9.32. The summed E-state index contributed by atoms with van der Waals surface area (Å²) in [5, 5.41) is 2.79. The van der Waals surface area contributed by atoms with Crippen molar-refractivity contribution >= 4 is 43.2 Å². The van der Waals surface area contributed by atoms with E-state index in [-0.39, 0.29) is 11.4 Å². The molecule has 1 N–H and O–H groups in total. The first kappa shape index (κ1) is 21.0. The third kappa shape index (κ3) is 5.02. The fourth-order valence-corrected chi connectivity index (χ4v) is 4.60. The van der Waals surface area contributed by atoms with Gasteiger partial charge in [-0.25, -0.2) is 8.42 Å². The molecule has 0 radical (unpaired) electrons. The van der Waals surface area contributed by atoms with E-state index in [1.54, 1.807) is 36.4 Å². The number of carbonyl (C=O) groups excluding carboxylic acids is 1. The summed E-state index contributed by atoms with van der Waals surface area (Å²) in [6.07, 6.45) is 2.77. The molecule has 3 rings (SSSR count). The van der Waals surface area contributed by atoms with E-state index < -0.39 is 15.9 Å². The van der Waals surface area contributed by atoms with E-state index in [0.717, 1.165) is 19.9 Å². The summed E-state index contributed by atoms with van der Waals surface area (Å²) in [7, 11) is -3.97. The molecular weight excluding hydrogens is 454 g/mol. The maximum absolute atomic E-state index is 13.2. The monoisotopic (exact) mass is 473 g/mol. The number of halogens is 1. The molecule has 2 aromatic carbocycles. The van der Waals surface area contributed by atoms with Crippen molar-refractivity contribution in [3.8, 4) is 0 Å². The van der Waals surface area contributed by atoms with Gasteiger partial charge in [0.2, 0.25) is 5.91 Å². The van der Waals surface area contributed by atoms with E-state index >= 15 is 0 Å². The highest BCUT2D eigenvalue weighted by molar-refractivity contribution is 9.10. The lowest BCUT2D eigenvalue weighted by Crippen LogP contribution is -2.38. The Kier molecular flexibility index (Phi) is 6.34. The summed E-state index contributed by atoms with van der Waals surface area (Å²) < 4.78 is 28.4. The summed E-state index contributed by atoms with van der Waals surface area (Å²) >= 11 is 3.38. The van der Waals surface area contributed by atoms with Crippen LogP contribution in [-0.2, 0) is 14.8 Å². The van der Waals surface area contributed by atoms with E-state index in [9.17, 15) is 13.2 Å². The van der Waals surface area contributed by atoms with Crippen LogP contribution >= 0.6 is 15.9 Å². The molecule has 0 spiro atoms. The average Bonchev–Trinajstić information content (AvgIpc) is 2.70. The van der Waals surface area contributed by atoms with Crippen LogP contribution in [0.5, 0.6) is 0 Å². The highest BCUT2D eigenvalue weighted by Gasteiger charge is 2.27. The Balaban J connectivity index is 1.93. The molecule has 3 aromatic rings. The van der Waals surface area contributed by atoms with Gasteiger partial charge in [0.05, 0.1) is 5.69 Å². The van der Waals surface area contributed by atoms with Crippen LogP contribution in [0.2, 0.25) is 0 Å². The van der Waals surface area contributed by atoms with Crippen LogP contribution in [-0.4, -0.2) is 25.9 Å². The minimum Gasteiger partial charge on any atom is -0.324 e. The number of carbonyl (C=O) groups is 1. The van der Waals surface area contributed by atoms with Gasteiger partial charge in [-0.15, -0.1) is 0 Å². The topological polar surface area (TPSA) is 79.4 Å². The first-order valence-electron chi connectivity index (χ1n) is 8.83. The third-order valence-electron chi connectivity index (χ3n) is 4.29. The van der Waals surface area contributed by atoms with Crippen LogP contribution < -0.4 is 9.62 Å². The van der Waals surface area contributed by atoms with E-state index in [1.807, 2.05) is 26.0 Å². The molecule has 150 valence electrons. The summed E-state index contributed by atoms with van der Waals surface area (Å²) in [6.45, 7) is 3.41. The fourth-order valence-electron chi connectivity index (χ4n) is 2.74. The minimum atomic E-state index is -3.97. The number of hydrogen-bond acceptors (Lipinski definition) is 4. The lowest BCUT2D eigenvalue weighted by Gasteiger charge is -2.24. The quantitative estimate of drug-likeness (QED) is 0.578. The largest absolute Gasteiger partial charge is 0.324 e. The maximum Gasteiger partial charge on any atom is 0.266 e. The zero-order valence-electron chi connectivity index (χ0n) is 16.0. The van der Waals surface area contributed by atoms with Gasteiger partial charge in [-0.1, -0.05) is 33.6 Å². The van der Waals surface area contributed by atoms with E-state index in [0.29, 0.717) is 11.4 Å². The number of aromatic nitrogens is 1. The van der Waals surface area contributed by atoms with Crippen LogP contribution in [0.15, 0.2) is 76.4 Å². The smallest absolute Gasteiger partial charge is 0.266 e. The van der Waals surface area contributed by atoms with E-state index in [2.05, 4.69) is 26.2 Å². The molecule has 0 aliphatic heterocycles. The molecule has 0 unspecified atom stereocenters. The minimum absolute atomic E-state index is 0.0215. The van der Waals surface area contributed by atoms with Gasteiger partial charge in [-0.05, 0) is 61.9 Å². The van der Waals surface area contributed by atoms with Crippen LogP contribution in [0, 0.1) is 13.8 Å². The van der Waals surface area contributed by atoms with E-state index in [4.69, 9.17) is 0 Å². The molecule has 0 bridgehead atoms. The Morgan fingerprint density at radius 2 is 1.83 bits per heavy atom. The normalized spacial score (nSPS) is 11.1. The number of nitrogens with zero attached hydrogens (tertiary/aromatic N) is 2. The molecule has 0 fully saturated rings. The van der Waals surface area contributed by atoms with Crippen molar-refractivity contribution in [3.63, 3.8) is 0 Å². The summed E-state index contributed by atoms with van der Waals surface area (Å²) in [5.41, 5.74) is 2.88. The standard InChI is InChI=1S/C21H20BrN3O3S/c1-15-5-8-18(9-6-15)25(29(27,28)19-4-3-11-23-13-19)14-21(26)24-20-10-7-17(22)12-16(20)2/h3-13H,14H2,1-2H3,(H,24,26). The number of rotatable bonds is 6. The van der Waals surface area contributed by atoms with Crippen LogP contribution in [0.25, 0.3) is 0 Å². The van der Waals surface area contributed by atoms with Crippen molar-refractivity contribution in [2.24, 2.45) is 0 Å². The van der Waals surface area contributed by atoms with E-state index in [1.165, 1.54) is 18.5 Å². The van der Waals surface area contributed by atoms with Crippen molar-refractivity contribution < 1.29 is 13.2 Å². The second-order valence-electron chi connectivity index (χ2n) is 6.54. The van der Waals surface area contributed by atoms with Gasteiger partial charge < -0.3 is 5.32 Å². The van der Waals surface area contributed by atoms with Gasteiger partial charge in [0.25, 0.3) is 10.0 Å². The molecule has 0 saturated carbocycles. The SMILES string of the molecule is Cc1ccc(N(CC(=O)Nc2ccc(Br)cc2C)S(=O)(=O)c2cccnc2)cc1. The number of benzene rings is 2. The molecule has 1 aromatic heterocycles. The lowest BCUT2D eigenvalue weighted by molar-refractivity contribution is -0.114. The highest BCUT2D eigenvalue weighted by Crippen LogP contribution is 2.24. The number of hydrogen-bond donors (Lipinski definition) is 1. The molecule has 0 saturated heterocycles. The van der Waals surface area contributed by atoms with Crippen LogP contribution in [0.1, 0.15) is 11.1 Å². The molecule has 1 heterocycles. The Labute approximate surface area is 178 Å². The van der Waals surface area contributed by atoms with Gasteiger partial charge in [0.15, 0.2) is 0 Å². The van der Waals surface area contributed by atoms with Crippen LogP contribution in [0.3, 0.4) is 0 Å². The highest BCUT2D eigenvalue weighted by atomic mass is 79.9. The van der Waals surface area contributed by atoms with Crippen LogP contribution in [0.4, 0.5) is 11.4 Å². The Morgan fingerprint density at radius 3 is 2.45 bits per heavy atom. The summed E-state index contributed by atoms with van der Waals surface area (Å²) in [6, 6.07) is 15.4. The van der Waals surface area contributed by atoms with Crippen molar-refractivity contribution in [1.29, 1.82) is 0 Å².